The number of carbonyl (C=O) groups excluding carboxylic acids is 1. The first-order chi connectivity index (χ1) is 12.5. The first kappa shape index (κ1) is 17.4. The molecule has 3 N–H and O–H groups in total. The minimum Gasteiger partial charge on any atom is -0.478 e. The van der Waals surface area contributed by atoms with Crippen molar-refractivity contribution < 1.29 is 23.8 Å². The highest BCUT2D eigenvalue weighted by molar-refractivity contribution is 7.13. The summed E-state index contributed by atoms with van der Waals surface area (Å²) in [6.07, 6.45) is 1.53. The van der Waals surface area contributed by atoms with Gasteiger partial charge in [0.25, 0.3) is 0 Å². The predicted octanol–water partition coefficient (Wildman–Crippen LogP) is 4.42. The molecule has 26 heavy (non-hydrogen) atoms. The molecule has 0 aliphatic heterocycles. The van der Waals surface area contributed by atoms with Gasteiger partial charge in [-0.2, -0.15) is 0 Å². The molecule has 3 rings (SSSR count). The molecule has 0 unspecified atom stereocenters. The zero-order valence-electron chi connectivity index (χ0n) is 13.1. The number of para-hydroxylation sites is 1. The predicted molar refractivity (Wildman–Crippen MR) is 94.6 cm³/mol. The lowest BCUT2D eigenvalue weighted by molar-refractivity contribution is 0.0694. The molecule has 0 saturated carbocycles. The zero-order chi connectivity index (χ0) is 18.5. The number of carbonyl (C=O) groups is 2. The summed E-state index contributed by atoms with van der Waals surface area (Å²) in [5.41, 5.74) is -0.0192. The lowest BCUT2D eigenvalue weighted by Gasteiger charge is -2.14. The van der Waals surface area contributed by atoms with E-state index in [-0.39, 0.29) is 22.7 Å². The summed E-state index contributed by atoms with van der Waals surface area (Å²) in [4.78, 5) is 27.2. The van der Waals surface area contributed by atoms with E-state index in [0.717, 1.165) is 12.1 Å². The average molecular weight is 373 g/mol. The SMILES string of the molecule is O=C(Nc1nccs1)Nc1cc(F)ccc1Oc1ccccc1C(=O)O. The topological polar surface area (TPSA) is 101 Å². The van der Waals surface area contributed by atoms with Crippen molar-refractivity contribution in [1.29, 1.82) is 0 Å². The number of carboxylic acids is 1. The number of amides is 2. The maximum absolute atomic E-state index is 13.6. The molecule has 2 amide bonds. The van der Waals surface area contributed by atoms with Crippen molar-refractivity contribution in [1.82, 2.24) is 4.98 Å². The van der Waals surface area contributed by atoms with Gasteiger partial charge in [0.2, 0.25) is 0 Å². The Morgan fingerprint density at radius 1 is 1.12 bits per heavy atom. The van der Waals surface area contributed by atoms with Gasteiger partial charge in [-0.1, -0.05) is 12.1 Å². The quantitative estimate of drug-likeness (QED) is 0.615. The second-order valence-corrected chi connectivity index (χ2v) is 5.85. The van der Waals surface area contributed by atoms with E-state index in [2.05, 4.69) is 15.6 Å². The Kier molecular flexibility index (Phi) is 5.09. The molecule has 0 radical (unpaired) electrons. The van der Waals surface area contributed by atoms with E-state index >= 15 is 0 Å². The van der Waals surface area contributed by atoms with Crippen LogP contribution in [0.15, 0.2) is 54.0 Å². The van der Waals surface area contributed by atoms with Crippen molar-refractivity contribution >= 4 is 34.2 Å². The van der Waals surface area contributed by atoms with Gasteiger partial charge in [-0.3, -0.25) is 5.32 Å². The van der Waals surface area contributed by atoms with Gasteiger partial charge in [0.05, 0.1) is 5.69 Å². The van der Waals surface area contributed by atoms with E-state index in [1.54, 1.807) is 17.5 Å². The Morgan fingerprint density at radius 2 is 1.92 bits per heavy atom. The fourth-order valence-corrected chi connectivity index (χ4v) is 2.60. The zero-order valence-corrected chi connectivity index (χ0v) is 13.9. The van der Waals surface area contributed by atoms with Crippen LogP contribution in [0.1, 0.15) is 10.4 Å². The number of hydrogen-bond acceptors (Lipinski definition) is 5. The van der Waals surface area contributed by atoms with Crippen LogP contribution in [-0.2, 0) is 0 Å². The monoisotopic (exact) mass is 373 g/mol. The Labute approximate surface area is 151 Å². The molecule has 0 aliphatic rings. The molecular formula is C17H12FN3O4S. The third-order valence-corrected chi connectivity index (χ3v) is 3.87. The third-order valence-electron chi connectivity index (χ3n) is 3.18. The van der Waals surface area contributed by atoms with Crippen LogP contribution in [0.4, 0.5) is 20.0 Å². The van der Waals surface area contributed by atoms with Crippen LogP contribution in [0.3, 0.4) is 0 Å². The molecule has 0 spiro atoms. The first-order valence-electron chi connectivity index (χ1n) is 7.30. The van der Waals surface area contributed by atoms with Crippen LogP contribution in [-0.4, -0.2) is 22.1 Å². The number of hydrogen-bond donors (Lipinski definition) is 3. The number of rotatable bonds is 5. The number of aromatic nitrogens is 1. The van der Waals surface area contributed by atoms with Gasteiger partial charge < -0.3 is 15.2 Å². The molecule has 0 fully saturated rings. The molecule has 132 valence electrons. The van der Waals surface area contributed by atoms with Gasteiger partial charge in [0.1, 0.15) is 17.1 Å². The molecule has 3 aromatic rings. The smallest absolute Gasteiger partial charge is 0.339 e. The highest BCUT2D eigenvalue weighted by atomic mass is 32.1. The van der Waals surface area contributed by atoms with E-state index in [9.17, 15) is 19.1 Å². The van der Waals surface area contributed by atoms with Crippen molar-refractivity contribution in [2.75, 3.05) is 10.6 Å². The largest absolute Gasteiger partial charge is 0.478 e. The van der Waals surface area contributed by atoms with Crippen molar-refractivity contribution in [3.05, 3.63) is 65.4 Å². The van der Waals surface area contributed by atoms with Gasteiger partial charge in [-0.05, 0) is 24.3 Å². The summed E-state index contributed by atoms with van der Waals surface area (Å²) in [6, 6.07) is 8.88. The van der Waals surface area contributed by atoms with E-state index in [0.29, 0.717) is 5.13 Å². The van der Waals surface area contributed by atoms with Crippen molar-refractivity contribution in [3.63, 3.8) is 0 Å². The summed E-state index contributed by atoms with van der Waals surface area (Å²) >= 11 is 1.22. The number of urea groups is 1. The standard InChI is InChI=1S/C17H12FN3O4S/c18-10-5-6-14(25-13-4-2-1-3-11(13)15(22)23)12(9-10)20-16(24)21-17-19-7-8-26-17/h1-9H,(H,22,23)(H2,19,20,21,24). The van der Waals surface area contributed by atoms with E-state index < -0.39 is 17.8 Å². The van der Waals surface area contributed by atoms with Crippen molar-refractivity contribution in [2.45, 2.75) is 0 Å². The van der Waals surface area contributed by atoms with Gasteiger partial charge in [0.15, 0.2) is 10.9 Å². The summed E-state index contributed by atoms with van der Waals surface area (Å²) in [5, 5.41) is 16.2. The highest BCUT2D eigenvalue weighted by Crippen LogP contribution is 2.32. The summed E-state index contributed by atoms with van der Waals surface area (Å²) in [7, 11) is 0. The number of aromatic carboxylic acids is 1. The Balaban J connectivity index is 1.84. The fraction of sp³-hybridized carbons (Fsp3) is 0. The van der Waals surface area contributed by atoms with Gasteiger partial charge in [-0.15, -0.1) is 11.3 Å². The van der Waals surface area contributed by atoms with Crippen molar-refractivity contribution in [3.8, 4) is 11.5 Å². The Morgan fingerprint density at radius 3 is 2.65 bits per heavy atom. The summed E-state index contributed by atoms with van der Waals surface area (Å²) < 4.78 is 19.2. The number of anilines is 2. The van der Waals surface area contributed by atoms with Gasteiger partial charge in [0, 0.05) is 17.6 Å². The first-order valence-corrected chi connectivity index (χ1v) is 8.18. The minimum atomic E-state index is -1.17. The Hall–Kier alpha value is -3.46. The second-order valence-electron chi connectivity index (χ2n) is 4.96. The van der Waals surface area contributed by atoms with Crippen LogP contribution in [0.25, 0.3) is 0 Å². The number of halogens is 1. The molecule has 0 atom stereocenters. The maximum atomic E-state index is 13.6. The number of nitrogens with zero attached hydrogens (tertiary/aromatic N) is 1. The third kappa shape index (κ3) is 4.14. The molecule has 1 heterocycles. The highest BCUT2D eigenvalue weighted by Gasteiger charge is 2.15. The van der Waals surface area contributed by atoms with Crippen LogP contribution in [0, 0.1) is 5.82 Å². The second kappa shape index (κ2) is 7.62. The molecule has 0 aliphatic carbocycles. The number of ether oxygens (including phenoxy) is 1. The van der Waals surface area contributed by atoms with E-state index in [1.807, 2.05) is 0 Å². The van der Waals surface area contributed by atoms with Crippen LogP contribution >= 0.6 is 11.3 Å². The molecule has 9 heteroatoms. The number of thiazole rings is 1. The normalized spacial score (nSPS) is 10.2. The Bertz CT molecular complexity index is 947. The average Bonchev–Trinajstić information content (AvgIpc) is 3.10. The van der Waals surface area contributed by atoms with Crippen LogP contribution in [0.2, 0.25) is 0 Å². The molecular weight excluding hydrogens is 361 g/mol. The number of carboxylic acid groups (broad SMARTS) is 1. The molecule has 1 aromatic heterocycles. The lowest BCUT2D eigenvalue weighted by Crippen LogP contribution is -2.19. The molecule has 0 bridgehead atoms. The fourth-order valence-electron chi connectivity index (χ4n) is 2.08. The summed E-state index contributed by atoms with van der Waals surface area (Å²) in [5.74, 6) is -1.60. The van der Waals surface area contributed by atoms with E-state index in [4.69, 9.17) is 4.74 Å². The molecule has 2 aromatic carbocycles. The molecule has 7 nitrogen and oxygen atoms in total. The van der Waals surface area contributed by atoms with Crippen molar-refractivity contribution in [2.24, 2.45) is 0 Å². The number of benzene rings is 2. The maximum Gasteiger partial charge on any atom is 0.339 e. The molecule has 0 saturated heterocycles. The van der Waals surface area contributed by atoms with Crippen LogP contribution in [0.5, 0.6) is 11.5 Å². The lowest BCUT2D eigenvalue weighted by atomic mass is 10.2. The van der Waals surface area contributed by atoms with Crippen LogP contribution < -0.4 is 15.4 Å². The van der Waals surface area contributed by atoms with Gasteiger partial charge in [-0.25, -0.2) is 19.0 Å². The number of nitrogens with one attached hydrogen (secondary N) is 2. The van der Waals surface area contributed by atoms with E-state index in [1.165, 1.54) is 35.7 Å². The minimum absolute atomic E-state index is 0.0410. The van der Waals surface area contributed by atoms with Gasteiger partial charge >= 0.3 is 12.0 Å². The summed E-state index contributed by atoms with van der Waals surface area (Å²) in [6.45, 7) is 0.